The van der Waals surface area contributed by atoms with Gasteiger partial charge in [-0.2, -0.15) is 0 Å². The largest absolute Gasteiger partial charge is 0.612 e. The SMILES string of the molecule is COc1cc(Nc2cc(Oc3ccc(NC(=O)Nc4cc(C(C)(C)C)cc([S+](C)[O-])c4OC)c4ccccc34)ccn2)cc(C(=O)NCCN2CCN(C)CC2)c1. The number of carbonyl (C=O) groups is 2. The second-order valence-corrected chi connectivity index (χ2v) is 16.3. The quantitative estimate of drug-likeness (QED) is 0.0886. The summed E-state index contributed by atoms with van der Waals surface area (Å²) >= 11 is -1.35. The fourth-order valence-electron chi connectivity index (χ4n) is 6.54. The fourth-order valence-corrected chi connectivity index (χ4v) is 7.28. The summed E-state index contributed by atoms with van der Waals surface area (Å²) in [5.41, 5.74) is 2.74. The van der Waals surface area contributed by atoms with E-state index in [1.54, 1.807) is 62.0 Å². The third-order valence-electron chi connectivity index (χ3n) is 9.76. The Balaban J connectivity index is 1.15. The van der Waals surface area contributed by atoms with E-state index in [2.05, 4.69) is 63.9 Å². The highest BCUT2D eigenvalue weighted by atomic mass is 32.2. The van der Waals surface area contributed by atoms with Gasteiger partial charge in [0.15, 0.2) is 10.6 Å². The molecule has 0 radical (unpaired) electrons. The smallest absolute Gasteiger partial charge is 0.323 e. The maximum absolute atomic E-state index is 13.5. The Morgan fingerprint density at radius 1 is 0.860 bits per heavy atom. The van der Waals surface area contributed by atoms with Crippen LogP contribution < -0.4 is 35.5 Å². The van der Waals surface area contributed by atoms with Gasteiger partial charge in [0.05, 0.1) is 25.6 Å². The van der Waals surface area contributed by atoms with Crippen molar-refractivity contribution < 1.29 is 28.4 Å². The number of fused-ring (bicyclic) bond motifs is 1. The molecule has 6 rings (SSSR count). The fraction of sp³-hybridized carbons (Fsp3) is 0.326. The number of benzene rings is 4. The van der Waals surface area contributed by atoms with Gasteiger partial charge in [-0.15, -0.1) is 0 Å². The zero-order valence-electron chi connectivity index (χ0n) is 33.5. The van der Waals surface area contributed by atoms with E-state index in [9.17, 15) is 14.1 Å². The highest BCUT2D eigenvalue weighted by Gasteiger charge is 2.25. The second-order valence-electron chi connectivity index (χ2n) is 15.0. The number of hydrogen-bond acceptors (Lipinski definition) is 10. The molecule has 3 amide bonds. The number of anilines is 4. The summed E-state index contributed by atoms with van der Waals surface area (Å²) in [6.45, 7) is 11.5. The van der Waals surface area contributed by atoms with E-state index < -0.39 is 17.2 Å². The van der Waals surface area contributed by atoms with Crippen molar-refractivity contribution in [3.63, 3.8) is 0 Å². The zero-order valence-corrected chi connectivity index (χ0v) is 34.3. The second kappa shape index (κ2) is 18.2. The Hall–Kier alpha value is -5.54. The lowest BCUT2D eigenvalue weighted by Crippen LogP contribution is -2.46. The Labute approximate surface area is 337 Å². The van der Waals surface area contributed by atoms with Gasteiger partial charge in [-0.05, 0) is 65.6 Å². The number of amides is 3. The predicted octanol–water partition coefficient (Wildman–Crippen LogP) is 7.44. The van der Waals surface area contributed by atoms with E-state index >= 15 is 0 Å². The maximum Gasteiger partial charge on any atom is 0.323 e. The number of urea groups is 1. The molecule has 1 aromatic heterocycles. The van der Waals surface area contributed by atoms with Crippen molar-refractivity contribution in [3.8, 4) is 23.0 Å². The van der Waals surface area contributed by atoms with Gasteiger partial charge < -0.3 is 44.9 Å². The van der Waals surface area contributed by atoms with Gasteiger partial charge >= 0.3 is 6.03 Å². The van der Waals surface area contributed by atoms with Crippen molar-refractivity contribution in [1.82, 2.24) is 20.1 Å². The summed E-state index contributed by atoms with van der Waals surface area (Å²) < 4.78 is 30.2. The summed E-state index contributed by atoms with van der Waals surface area (Å²) in [5, 5.41) is 13.7. The van der Waals surface area contributed by atoms with Crippen LogP contribution in [0.25, 0.3) is 10.8 Å². The van der Waals surface area contributed by atoms with Crippen LogP contribution in [0.15, 0.2) is 90.0 Å². The van der Waals surface area contributed by atoms with Crippen LogP contribution in [-0.4, -0.2) is 98.1 Å². The molecule has 4 N–H and O–H groups in total. The number of hydrogen-bond donors (Lipinski definition) is 4. The monoisotopic (exact) mass is 793 g/mol. The van der Waals surface area contributed by atoms with Crippen LogP contribution in [0.4, 0.5) is 27.7 Å². The number of aromatic nitrogens is 1. The number of methoxy groups -OCH3 is 2. The lowest BCUT2D eigenvalue weighted by atomic mass is 9.86. The summed E-state index contributed by atoms with van der Waals surface area (Å²) in [5.74, 6) is 2.29. The van der Waals surface area contributed by atoms with Gasteiger partial charge in [0.2, 0.25) is 0 Å². The molecule has 0 aliphatic carbocycles. The number of likely N-dealkylation sites (N-methyl/N-ethyl adjacent to an activating group) is 1. The van der Waals surface area contributed by atoms with Crippen molar-refractivity contribution in [2.75, 3.05) is 82.7 Å². The summed E-state index contributed by atoms with van der Waals surface area (Å²) in [6, 6.07) is 23.2. The maximum atomic E-state index is 13.5. The van der Waals surface area contributed by atoms with Crippen molar-refractivity contribution >= 4 is 56.8 Å². The van der Waals surface area contributed by atoms with E-state index in [4.69, 9.17) is 14.2 Å². The van der Waals surface area contributed by atoms with Crippen molar-refractivity contribution in [1.29, 1.82) is 0 Å². The average Bonchev–Trinajstić information content (AvgIpc) is 3.18. The molecule has 1 saturated heterocycles. The Kier molecular flexibility index (Phi) is 13.1. The highest BCUT2D eigenvalue weighted by Crippen LogP contribution is 2.39. The lowest BCUT2D eigenvalue weighted by Gasteiger charge is -2.32. The number of pyridine rings is 1. The topological polar surface area (TPSA) is 152 Å². The van der Waals surface area contributed by atoms with Crippen molar-refractivity contribution in [3.05, 3.63) is 96.2 Å². The molecule has 1 fully saturated rings. The number of ether oxygens (including phenoxy) is 3. The first-order valence-corrected chi connectivity index (χ1v) is 20.3. The molecule has 300 valence electrons. The number of nitrogens with zero attached hydrogens (tertiary/aromatic N) is 3. The normalized spacial score (nSPS) is 14.1. The number of nitrogens with one attached hydrogen (secondary N) is 4. The standard InChI is InChI=1S/C43H51N7O6S/c1-43(2,3)29-24-36(40(55-6)38(25-29)57(7)53)48-42(52)47-35-12-13-37(34-11-9-8-10-33(34)35)56-31-14-15-44-39(27-31)46-30-22-28(23-32(26-30)54-5)41(51)45-16-17-50-20-18-49(4)19-21-50/h8-15,22-27H,16-21H2,1-7H3,(H,44,46)(H,45,51)(H2,47,48,52). The molecule has 1 aliphatic heterocycles. The third kappa shape index (κ3) is 10.5. The van der Waals surface area contributed by atoms with E-state index in [1.807, 2.05) is 36.4 Å². The molecule has 0 bridgehead atoms. The molecule has 1 atom stereocenters. The molecule has 5 aromatic rings. The van der Waals surface area contributed by atoms with Crippen molar-refractivity contribution in [2.45, 2.75) is 31.1 Å². The summed E-state index contributed by atoms with van der Waals surface area (Å²) in [4.78, 5) is 36.3. The van der Waals surface area contributed by atoms with Gasteiger partial charge in [0.1, 0.15) is 29.3 Å². The van der Waals surface area contributed by atoms with Crippen LogP contribution in [0.5, 0.6) is 23.0 Å². The molecule has 0 saturated carbocycles. The van der Waals surface area contributed by atoms with Gasteiger partial charge in [0.25, 0.3) is 5.91 Å². The van der Waals surface area contributed by atoms with Crippen LogP contribution in [0.2, 0.25) is 0 Å². The van der Waals surface area contributed by atoms with E-state index in [0.29, 0.717) is 62.9 Å². The first-order valence-electron chi connectivity index (χ1n) is 18.8. The minimum Gasteiger partial charge on any atom is -0.612 e. The molecule has 1 unspecified atom stereocenters. The molecule has 13 nitrogen and oxygen atoms in total. The first kappa shape index (κ1) is 41.1. The van der Waals surface area contributed by atoms with Gasteiger partial charge in [-0.25, -0.2) is 9.78 Å². The molecule has 4 aromatic carbocycles. The molecule has 14 heteroatoms. The van der Waals surface area contributed by atoms with E-state index in [0.717, 1.165) is 49.1 Å². The van der Waals surface area contributed by atoms with Crippen LogP contribution in [0.1, 0.15) is 36.7 Å². The van der Waals surface area contributed by atoms with Crippen LogP contribution in [-0.2, 0) is 16.6 Å². The van der Waals surface area contributed by atoms with Gasteiger partial charge in [-0.1, -0.05) is 45.0 Å². The zero-order chi connectivity index (χ0) is 40.7. The van der Waals surface area contributed by atoms with Crippen LogP contribution in [0, 0.1) is 0 Å². The molecular weight excluding hydrogens is 743 g/mol. The molecule has 2 heterocycles. The number of carbonyl (C=O) groups excluding carboxylic acids is 2. The van der Waals surface area contributed by atoms with Crippen molar-refractivity contribution in [2.24, 2.45) is 0 Å². The van der Waals surface area contributed by atoms with Crippen LogP contribution >= 0.6 is 0 Å². The Morgan fingerprint density at radius 3 is 2.30 bits per heavy atom. The first-order chi connectivity index (χ1) is 27.3. The number of piperazine rings is 1. The molecule has 0 spiro atoms. The van der Waals surface area contributed by atoms with E-state index in [1.165, 1.54) is 7.11 Å². The molecule has 1 aliphatic rings. The van der Waals surface area contributed by atoms with E-state index in [-0.39, 0.29) is 11.3 Å². The summed E-state index contributed by atoms with van der Waals surface area (Å²) in [6.07, 6.45) is 3.22. The Bertz CT molecular complexity index is 2220. The predicted molar refractivity (Wildman–Crippen MR) is 227 cm³/mol. The van der Waals surface area contributed by atoms with Gasteiger partial charge in [-0.3, -0.25) is 9.69 Å². The minimum absolute atomic E-state index is 0.184. The average molecular weight is 794 g/mol. The highest BCUT2D eigenvalue weighted by molar-refractivity contribution is 7.90. The lowest BCUT2D eigenvalue weighted by molar-refractivity contribution is 0.0940. The van der Waals surface area contributed by atoms with Gasteiger partial charge in [0, 0.05) is 85.7 Å². The minimum atomic E-state index is -1.35. The number of rotatable bonds is 13. The Morgan fingerprint density at radius 2 is 1.60 bits per heavy atom. The van der Waals surface area contributed by atoms with Crippen LogP contribution in [0.3, 0.4) is 0 Å². The molecule has 57 heavy (non-hydrogen) atoms. The third-order valence-corrected chi connectivity index (χ3v) is 10.7. The summed E-state index contributed by atoms with van der Waals surface area (Å²) in [7, 11) is 5.18. The molecular formula is C43H51N7O6S.